The van der Waals surface area contributed by atoms with E-state index < -0.39 is 0 Å². The summed E-state index contributed by atoms with van der Waals surface area (Å²) in [7, 11) is 0. The van der Waals surface area contributed by atoms with Gasteiger partial charge < -0.3 is 4.74 Å². The standard InChI is InChI=1S/C6H11NO2/c1-3-9-6(7)4-5(2)8/h7H,3-4H2,1-2H3. The molecule has 0 radical (unpaired) electrons. The minimum absolute atomic E-state index is 0.0338. The first-order valence-electron chi connectivity index (χ1n) is 2.86. The van der Waals surface area contributed by atoms with E-state index >= 15 is 0 Å². The van der Waals surface area contributed by atoms with E-state index in [1.165, 1.54) is 6.92 Å². The van der Waals surface area contributed by atoms with Crippen molar-refractivity contribution in [3.05, 3.63) is 0 Å². The molecule has 0 saturated heterocycles. The average Bonchev–Trinajstić information content (AvgIpc) is 1.63. The number of hydrogen-bond donors (Lipinski definition) is 1. The maximum absolute atomic E-state index is 10.3. The Bertz CT molecular complexity index is 120. The van der Waals surface area contributed by atoms with Crippen LogP contribution in [0, 0.1) is 5.41 Å². The van der Waals surface area contributed by atoms with Crippen LogP contribution in [0.5, 0.6) is 0 Å². The summed E-state index contributed by atoms with van der Waals surface area (Å²) < 4.78 is 4.72. The van der Waals surface area contributed by atoms with E-state index in [4.69, 9.17) is 10.1 Å². The molecule has 0 fully saturated rings. The highest BCUT2D eigenvalue weighted by molar-refractivity contribution is 5.95. The van der Waals surface area contributed by atoms with Gasteiger partial charge >= 0.3 is 0 Å². The number of carbonyl (C=O) groups excluding carboxylic acids is 1. The first-order valence-corrected chi connectivity index (χ1v) is 2.86. The topological polar surface area (TPSA) is 50.1 Å². The molecule has 1 N–H and O–H groups in total. The Morgan fingerprint density at radius 3 is 2.56 bits per heavy atom. The lowest BCUT2D eigenvalue weighted by atomic mass is 10.3. The number of ether oxygens (including phenoxy) is 1. The van der Waals surface area contributed by atoms with Gasteiger partial charge in [-0.25, -0.2) is 0 Å². The Labute approximate surface area is 54.5 Å². The minimum atomic E-state index is -0.0338. The quantitative estimate of drug-likeness (QED) is 0.456. The molecule has 0 heterocycles. The molecule has 0 saturated carbocycles. The van der Waals surface area contributed by atoms with Gasteiger partial charge in [-0.05, 0) is 13.8 Å². The summed E-state index contributed by atoms with van der Waals surface area (Å²) in [6.07, 6.45) is 0.119. The van der Waals surface area contributed by atoms with Crippen molar-refractivity contribution in [2.45, 2.75) is 20.3 Å². The van der Waals surface area contributed by atoms with Crippen molar-refractivity contribution in [3.63, 3.8) is 0 Å². The third-order valence-electron chi connectivity index (χ3n) is 0.728. The molecule has 0 atom stereocenters. The molecular weight excluding hydrogens is 118 g/mol. The van der Waals surface area contributed by atoms with E-state index in [1.54, 1.807) is 6.92 Å². The van der Waals surface area contributed by atoms with Crippen molar-refractivity contribution in [1.82, 2.24) is 0 Å². The second kappa shape index (κ2) is 4.06. The molecule has 3 nitrogen and oxygen atoms in total. The van der Waals surface area contributed by atoms with Gasteiger partial charge in [-0.1, -0.05) is 0 Å². The molecule has 0 aromatic rings. The summed E-state index contributed by atoms with van der Waals surface area (Å²) in [5.41, 5.74) is 0. The van der Waals surface area contributed by atoms with E-state index in [0.717, 1.165) is 0 Å². The van der Waals surface area contributed by atoms with Crippen LogP contribution in [0.2, 0.25) is 0 Å². The van der Waals surface area contributed by atoms with Crippen LogP contribution in [0.15, 0.2) is 0 Å². The third kappa shape index (κ3) is 5.00. The molecule has 0 spiro atoms. The zero-order valence-electron chi connectivity index (χ0n) is 5.73. The van der Waals surface area contributed by atoms with Gasteiger partial charge in [0.25, 0.3) is 0 Å². The summed E-state index contributed by atoms with van der Waals surface area (Å²) in [6.45, 7) is 3.69. The fourth-order valence-electron chi connectivity index (χ4n) is 0.451. The van der Waals surface area contributed by atoms with Gasteiger partial charge in [-0.2, -0.15) is 0 Å². The second-order valence-corrected chi connectivity index (χ2v) is 1.73. The molecule has 0 aliphatic heterocycles. The SMILES string of the molecule is CCOC(=N)CC(C)=O. The van der Waals surface area contributed by atoms with Crippen LogP contribution in [-0.2, 0) is 9.53 Å². The molecular formula is C6H11NO2. The fraction of sp³-hybridized carbons (Fsp3) is 0.667. The van der Waals surface area contributed by atoms with Gasteiger partial charge in [-0.3, -0.25) is 10.2 Å². The van der Waals surface area contributed by atoms with Crippen LogP contribution in [0.4, 0.5) is 0 Å². The molecule has 0 aliphatic rings. The van der Waals surface area contributed by atoms with Crippen LogP contribution in [-0.4, -0.2) is 18.3 Å². The lowest BCUT2D eigenvalue weighted by molar-refractivity contribution is -0.116. The van der Waals surface area contributed by atoms with Crippen molar-refractivity contribution in [3.8, 4) is 0 Å². The van der Waals surface area contributed by atoms with Gasteiger partial charge in [0.1, 0.15) is 5.78 Å². The van der Waals surface area contributed by atoms with Gasteiger partial charge in [-0.15, -0.1) is 0 Å². The molecule has 0 aromatic carbocycles. The van der Waals surface area contributed by atoms with Crippen molar-refractivity contribution >= 4 is 11.7 Å². The number of nitrogens with one attached hydrogen (secondary N) is 1. The van der Waals surface area contributed by atoms with Crippen molar-refractivity contribution < 1.29 is 9.53 Å². The summed E-state index contributed by atoms with van der Waals surface area (Å²) in [4.78, 5) is 10.3. The smallest absolute Gasteiger partial charge is 0.187 e. The lowest BCUT2D eigenvalue weighted by Gasteiger charge is -1.99. The third-order valence-corrected chi connectivity index (χ3v) is 0.728. The summed E-state index contributed by atoms with van der Waals surface area (Å²) in [5, 5.41) is 6.98. The van der Waals surface area contributed by atoms with Crippen molar-refractivity contribution in [2.75, 3.05) is 6.61 Å². The summed E-state index contributed by atoms with van der Waals surface area (Å²) in [6, 6.07) is 0. The normalized spacial score (nSPS) is 8.67. The van der Waals surface area contributed by atoms with Gasteiger partial charge in [0, 0.05) is 0 Å². The predicted octanol–water partition coefficient (Wildman–Crippen LogP) is 0.979. The monoisotopic (exact) mass is 129 g/mol. The fourth-order valence-corrected chi connectivity index (χ4v) is 0.451. The van der Waals surface area contributed by atoms with E-state index in [2.05, 4.69) is 0 Å². The number of ketones is 1. The highest BCUT2D eigenvalue weighted by atomic mass is 16.5. The number of rotatable bonds is 3. The van der Waals surface area contributed by atoms with Gasteiger partial charge in [0.05, 0.1) is 13.0 Å². The largest absolute Gasteiger partial charge is 0.481 e. The number of carbonyl (C=O) groups is 1. The van der Waals surface area contributed by atoms with Gasteiger partial charge in [0.15, 0.2) is 5.90 Å². The van der Waals surface area contributed by atoms with E-state index in [9.17, 15) is 4.79 Å². The number of hydrogen-bond acceptors (Lipinski definition) is 3. The first-order chi connectivity index (χ1) is 4.16. The van der Waals surface area contributed by atoms with Gasteiger partial charge in [0.2, 0.25) is 0 Å². The Morgan fingerprint density at radius 1 is 1.67 bits per heavy atom. The van der Waals surface area contributed by atoms with Crippen molar-refractivity contribution in [1.29, 1.82) is 5.41 Å². The van der Waals surface area contributed by atoms with E-state index in [-0.39, 0.29) is 18.1 Å². The van der Waals surface area contributed by atoms with Crippen LogP contribution >= 0.6 is 0 Å². The zero-order chi connectivity index (χ0) is 7.28. The van der Waals surface area contributed by atoms with Crippen LogP contribution in [0.3, 0.4) is 0 Å². The van der Waals surface area contributed by atoms with Crippen LogP contribution in [0.1, 0.15) is 20.3 Å². The number of Topliss-reactive ketones (excluding diaryl/α,β-unsaturated/α-hetero) is 1. The summed E-state index contributed by atoms with van der Waals surface area (Å²) in [5.74, 6) is 0.0263. The zero-order valence-corrected chi connectivity index (χ0v) is 5.73. The van der Waals surface area contributed by atoms with E-state index in [1.807, 2.05) is 0 Å². The van der Waals surface area contributed by atoms with Crippen LogP contribution < -0.4 is 0 Å². The second-order valence-electron chi connectivity index (χ2n) is 1.73. The Kier molecular flexibility index (Phi) is 3.67. The maximum Gasteiger partial charge on any atom is 0.187 e. The molecule has 3 heteroatoms. The molecule has 0 unspecified atom stereocenters. The Hall–Kier alpha value is -0.860. The molecule has 52 valence electrons. The van der Waals surface area contributed by atoms with Crippen LogP contribution in [0.25, 0.3) is 0 Å². The molecule has 0 bridgehead atoms. The Balaban J connectivity index is 3.39. The lowest BCUT2D eigenvalue weighted by Crippen LogP contribution is -2.07. The van der Waals surface area contributed by atoms with E-state index in [0.29, 0.717) is 6.61 Å². The maximum atomic E-state index is 10.3. The molecule has 0 aromatic heterocycles. The Morgan fingerprint density at radius 2 is 2.22 bits per heavy atom. The molecule has 0 amide bonds. The molecule has 0 aliphatic carbocycles. The average molecular weight is 129 g/mol. The highest BCUT2D eigenvalue weighted by Gasteiger charge is 1.98. The highest BCUT2D eigenvalue weighted by Crippen LogP contribution is 1.86. The minimum Gasteiger partial charge on any atom is -0.481 e. The predicted molar refractivity (Wildman–Crippen MR) is 34.7 cm³/mol. The molecule has 9 heavy (non-hydrogen) atoms. The van der Waals surface area contributed by atoms with Crippen molar-refractivity contribution in [2.24, 2.45) is 0 Å². The summed E-state index contributed by atoms with van der Waals surface area (Å²) >= 11 is 0. The molecule has 0 rings (SSSR count). The first kappa shape index (κ1) is 8.14.